The Morgan fingerprint density at radius 3 is 3.00 bits per heavy atom. The molecule has 2 unspecified atom stereocenters. The summed E-state index contributed by atoms with van der Waals surface area (Å²) in [7, 11) is 0. The van der Waals surface area contributed by atoms with Crippen LogP contribution in [0.3, 0.4) is 0 Å². The van der Waals surface area contributed by atoms with E-state index in [-0.39, 0.29) is 11.7 Å². The average molecular weight is 329 g/mol. The van der Waals surface area contributed by atoms with E-state index in [1.165, 1.54) is 12.1 Å². The first kappa shape index (κ1) is 14.5. The van der Waals surface area contributed by atoms with Gasteiger partial charge in [0, 0.05) is 4.47 Å². The summed E-state index contributed by atoms with van der Waals surface area (Å²) in [5.74, 6) is -0.174. The summed E-state index contributed by atoms with van der Waals surface area (Å²) < 4.78 is 13.8. The van der Waals surface area contributed by atoms with Crippen molar-refractivity contribution in [1.82, 2.24) is 0 Å². The Labute approximate surface area is 120 Å². The Kier molecular flexibility index (Phi) is 4.26. The second-order valence-corrected chi connectivity index (χ2v) is 6.29. The number of hydrogen-bond donors (Lipinski definition) is 2. The number of benzene rings is 1. The maximum Gasteiger partial charge on any atom is 0.244 e. The number of hydrogen-bond acceptors (Lipinski definition) is 2. The van der Waals surface area contributed by atoms with Crippen LogP contribution in [0, 0.1) is 11.7 Å². The van der Waals surface area contributed by atoms with Crippen LogP contribution in [0.2, 0.25) is 0 Å². The molecule has 3 nitrogen and oxygen atoms in total. The number of nitrogens with one attached hydrogen (secondary N) is 1. The van der Waals surface area contributed by atoms with Crippen LogP contribution in [0.4, 0.5) is 10.1 Å². The van der Waals surface area contributed by atoms with Crippen molar-refractivity contribution in [3.05, 3.63) is 28.5 Å². The molecule has 0 saturated heterocycles. The van der Waals surface area contributed by atoms with E-state index in [1.54, 1.807) is 6.07 Å². The van der Waals surface area contributed by atoms with E-state index >= 15 is 0 Å². The highest BCUT2D eigenvalue weighted by molar-refractivity contribution is 9.10. The summed E-state index contributed by atoms with van der Waals surface area (Å²) in [6.45, 7) is 2.10. The molecule has 0 aliphatic heterocycles. The lowest BCUT2D eigenvalue weighted by Crippen LogP contribution is -2.53. The maximum absolute atomic E-state index is 13.2. The van der Waals surface area contributed by atoms with Gasteiger partial charge in [-0.05, 0) is 52.9 Å². The summed E-state index contributed by atoms with van der Waals surface area (Å²) in [5, 5.41) is 2.73. The largest absolute Gasteiger partial charge is 0.323 e. The quantitative estimate of drug-likeness (QED) is 0.873. The van der Waals surface area contributed by atoms with E-state index in [1.807, 2.05) is 0 Å². The SMILES string of the molecule is CC1CCCC(N)(C(=O)Nc2cc(F)ccc2Br)C1. The molecule has 1 saturated carbocycles. The van der Waals surface area contributed by atoms with E-state index in [0.29, 0.717) is 28.9 Å². The molecule has 5 heteroatoms. The van der Waals surface area contributed by atoms with Gasteiger partial charge in [0.15, 0.2) is 0 Å². The number of halogens is 2. The normalized spacial score (nSPS) is 27.1. The van der Waals surface area contributed by atoms with E-state index in [4.69, 9.17) is 5.73 Å². The van der Waals surface area contributed by atoms with Crippen molar-refractivity contribution < 1.29 is 9.18 Å². The van der Waals surface area contributed by atoms with Gasteiger partial charge in [-0.3, -0.25) is 4.79 Å². The molecule has 0 radical (unpaired) electrons. The summed E-state index contributed by atoms with van der Waals surface area (Å²) in [6, 6.07) is 4.19. The van der Waals surface area contributed by atoms with Gasteiger partial charge in [-0.15, -0.1) is 0 Å². The number of carbonyl (C=O) groups is 1. The van der Waals surface area contributed by atoms with Crippen LogP contribution < -0.4 is 11.1 Å². The van der Waals surface area contributed by atoms with Gasteiger partial charge in [0.1, 0.15) is 5.82 Å². The van der Waals surface area contributed by atoms with Gasteiger partial charge >= 0.3 is 0 Å². The summed E-state index contributed by atoms with van der Waals surface area (Å²) in [5.41, 5.74) is 5.79. The Morgan fingerprint density at radius 1 is 1.58 bits per heavy atom. The second-order valence-electron chi connectivity index (χ2n) is 5.44. The lowest BCUT2D eigenvalue weighted by molar-refractivity contribution is -0.122. The molecule has 1 aromatic rings. The van der Waals surface area contributed by atoms with Crippen molar-refractivity contribution in [2.24, 2.45) is 11.7 Å². The average Bonchev–Trinajstić information content (AvgIpc) is 2.33. The highest BCUT2D eigenvalue weighted by Gasteiger charge is 2.38. The van der Waals surface area contributed by atoms with Crippen molar-refractivity contribution in [3.63, 3.8) is 0 Å². The van der Waals surface area contributed by atoms with Crippen molar-refractivity contribution in [1.29, 1.82) is 0 Å². The fourth-order valence-corrected chi connectivity index (χ4v) is 2.98. The maximum atomic E-state index is 13.2. The minimum absolute atomic E-state index is 0.231. The van der Waals surface area contributed by atoms with E-state index in [9.17, 15) is 9.18 Å². The Morgan fingerprint density at radius 2 is 2.32 bits per heavy atom. The van der Waals surface area contributed by atoms with Crippen LogP contribution in [-0.4, -0.2) is 11.4 Å². The van der Waals surface area contributed by atoms with Crippen molar-refractivity contribution in [2.75, 3.05) is 5.32 Å². The third-order valence-corrected chi connectivity index (χ3v) is 4.35. The van der Waals surface area contributed by atoms with Gasteiger partial charge in [0.05, 0.1) is 11.2 Å². The molecule has 19 heavy (non-hydrogen) atoms. The van der Waals surface area contributed by atoms with Crippen LogP contribution in [-0.2, 0) is 4.79 Å². The standard InChI is InChI=1S/C14H18BrFN2O/c1-9-3-2-6-14(17,8-9)13(19)18-12-7-10(16)4-5-11(12)15/h4-5,7,9H,2-3,6,8,17H2,1H3,(H,18,19). The molecule has 104 valence electrons. The lowest BCUT2D eigenvalue weighted by Gasteiger charge is -2.35. The molecule has 0 aromatic heterocycles. The van der Waals surface area contributed by atoms with Crippen LogP contribution in [0.5, 0.6) is 0 Å². The summed E-state index contributed by atoms with van der Waals surface area (Å²) >= 11 is 3.29. The minimum Gasteiger partial charge on any atom is -0.323 e. The molecule has 3 N–H and O–H groups in total. The number of nitrogens with two attached hydrogens (primary N) is 1. The molecule has 1 amide bonds. The molecule has 2 rings (SSSR count). The van der Waals surface area contributed by atoms with E-state index in [2.05, 4.69) is 28.2 Å². The van der Waals surface area contributed by atoms with E-state index in [0.717, 1.165) is 12.8 Å². The first-order valence-corrected chi connectivity index (χ1v) is 7.25. The highest BCUT2D eigenvalue weighted by atomic mass is 79.9. The fourth-order valence-electron chi connectivity index (χ4n) is 2.64. The molecule has 1 aliphatic rings. The van der Waals surface area contributed by atoms with Crippen LogP contribution >= 0.6 is 15.9 Å². The zero-order valence-electron chi connectivity index (χ0n) is 10.9. The predicted molar refractivity (Wildman–Crippen MR) is 77.3 cm³/mol. The van der Waals surface area contributed by atoms with Gasteiger partial charge in [0.25, 0.3) is 0 Å². The van der Waals surface area contributed by atoms with Crippen molar-refractivity contribution in [2.45, 2.75) is 38.1 Å². The van der Waals surface area contributed by atoms with Gasteiger partial charge in [-0.2, -0.15) is 0 Å². The zero-order valence-corrected chi connectivity index (χ0v) is 12.5. The highest BCUT2D eigenvalue weighted by Crippen LogP contribution is 2.32. The predicted octanol–water partition coefficient (Wildman–Crippen LogP) is 3.43. The molecule has 1 aliphatic carbocycles. The van der Waals surface area contributed by atoms with Crippen molar-refractivity contribution >= 4 is 27.5 Å². The van der Waals surface area contributed by atoms with Gasteiger partial charge < -0.3 is 11.1 Å². The lowest BCUT2D eigenvalue weighted by atomic mass is 9.76. The monoisotopic (exact) mass is 328 g/mol. The summed E-state index contributed by atoms with van der Waals surface area (Å²) in [4.78, 5) is 12.3. The first-order chi connectivity index (χ1) is 8.90. The minimum atomic E-state index is -0.844. The Hall–Kier alpha value is -0.940. The Bertz CT molecular complexity index is 494. The fraction of sp³-hybridized carbons (Fsp3) is 0.500. The molecule has 0 heterocycles. The molecular weight excluding hydrogens is 311 g/mol. The van der Waals surface area contributed by atoms with Gasteiger partial charge in [-0.25, -0.2) is 4.39 Å². The number of anilines is 1. The number of rotatable bonds is 2. The van der Waals surface area contributed by atoms with Crippen LogP contribution in [0.25, 0.3) is 0 Å². The molecule has 0 spiro atoms. The van der Waals surface area contributed by atoms with Crippen molar-refractivity contribution in [3.8, 4) is 0 Å². The molecule has 0 bridgehead atoms. The Balaban J connectivity index is 2.14. The molecule has 1 fully saturated rings. The van der Waals surface area contributed by atoms with Gasteiger partial charge in [-0.1, -0.05) is 19.8 Å². The number of amides is 1. The first-order valence-electron chi connectivity index (χ1n) is 6.46. The molecule has 2 atom stereocenters. The van der Waals surface area contributed by atoms with E-state index < -0.39 is 5.54 Å². The topological polar surface area (TPSA) is 55.1 Å². The number of carbonyl (C=O) groups excluding carboxylic acids is 1. The molecular formula is C14H18BrFN2O. The smallest absolute Gasteiger partial charge is 0.244 e. The third-order valence-electron chi connectivity index (χ3n) is 3.66. The zero-order chi connectivity index (χ0) is 14.0. The summed E-state index contributed by atoms with van der Waals surface area (Å²) in [6.07, 6.45) is 3.41. The van der Waals surface area contributed by atoms with Crippen LogP contribution in [0.1, 0.15) is 32.6 Å². The third kappa shape index (κ3) is 3.34. The van der Waals surface area contributed by atoms with Gasteiger partial charge in [0.2, 0.25) is 5.91 Å². The van der Waals surface area contributed by atoms with Crippen LogP contribution in [0.15, 0.2) is 22.7 Å². The second kappa shape index (κ2) is 5.59. The molecule has 1 aromatic carbocycles.